The van der Waals surface area contributed by atoms with Gasteiger partial charge in [0.1, 0.15) is 17.2 Å². The molecule has 5 heteroatoms. The van der Waals surface area contributed by atoms with Crippen LogP contribution in [0, 0.1) is 12.7 Å². The van der Waals surface area contributed by atoms with Gasteiger partial charge in [-0.15, -0.1) is 0 Å². The van der Waals surface area contributed by atoms with Crippen molar-refractivity contribution in [3.63, 3.8) is 0 Å². The largest absolute Gasteiger partial charge is 0.354 e. The van der Waals surface area contributed by atoms with Crippen LogP contribution in [0.3, 0.4) is 0 Å². The lowest BCUT2D eigenvalue weighted by molar-refractivity contribution is 0.615. The molecule has 1 aromatic heterocycles. The van der Waals surface area contributed by atoms with E-state index in [0.29, 0.717) is 22.9 Å². The molecular formula is C13H13ClFN3. The lowest BCUT2D eigenvalue weighted by Crippen LogP contribution is -2.18. The quantitative estimate of drug-likeness (QED) is 0.853. The van der Waals surface area contributed by atoms with Crippen molar-refractivity contribution in [3.05, 3.63) is 52.7 Å². The van der Waals surface area contributed by atoms with Crippen molar-refractivity contribution < 1.29 is 4.39 Å². The van der Waals surface area contributed by atoms with E-state index in [1.54, 1.807) is 13.0 Å². The third-order valence-electron chi connectivity index (χ3n) is 2.67. The lowest BCUT2D eigenvalue weighted by atomic mass is 10.1. The fourth-order valence-electron chi connectivity index (χ4n) is 1.67. The summed E-state index contributed by atoms with van der Waals surface area (Å²) < 4.78 is 13.4. The van der Waals surface area contributed by atoms with Crippen LogP contribution in [0.15, 0.2) is 30.7 Å². The Labute approximate surface area is 110 Å². The normalized spacial score (nSPS) is 10.4. The first-order chi connectivity index (χ1) is 8.58. The molecule has 0 aliphatic carbocycles. The molecule has 3 nitrogen and oxygen atoms in total. The highest BCUT2D eigenvalue weighted by Crippen LogP contribution is 2.22. The van der Waals surface area contributed by atoms with Gasteiger partial charge >= 0.3 is 0 Å². The summed E-state index contributed by atoms with van der Waals surface area (Å²) in [5, 5.41) is 0.479. The molecule has 0 bridgehead atoms. The third kappa shape index (κ3) is 2.76. The van der Waals surface area contributed by atoms with E-state index in [1.165, 1.54) is 18.6 Å². The number of hydrogen-bond acceptors (Lipinski definition) is 3. The number of benzene rings is 1. The average Bonchev–Trinajstić information content (AvgIpc) is 2.34. The summed E-state index contributed by atoms with van der Waals surface area (Å²) in [5.74, 6) is 0.433. The minimum atomic E-state index is -0.199. The van der Waals surface area contributed by atoms with Gasteiger partial charge in [0.2, 0.25) is 0 Å². The molecule has 0 spiro atoms. The van der Waals surface area contributed by atoms with E-state index in [1.807, 2.05) is 18.0 Å². The molecule has 0 atom stereocenters. The molecule has 94 valence electrons. The van der Waals surface area contributed by atoms with Gasteiger partial charge in [-0.1, -0.05) is 23.7 Å². The Bertz CT molecular complexity index is 560. The maximum atomic E-state index is 13.4. The van der Waals surface area contributed by atoms with Crippen LogP contribution in [0.25, 0.3) is 0 Å². The zero-order valence-electron chi connectivity index (χ0n) is 10.2. The van der Waals surface area contributed by atoms with Gasteiger partial charge in [0.25, 0.3) is 0 Å². The summed E-state index contributed by atoms with van der Waals surface area (Å²) in [6, 6.07) is 5.19. The minimum Gasteiger partial charge on any atom is -0.354 e. The lowest BCUT2D eigenvalue weighted by Gasteiger charge is -2.19. The third-order valence-corrected chi connectivity index (χ3v) is 2.93. The molecule has 0 radical (unpaired) electrons. The van der Waals surface area contributed by atoms with Gasteiger partial charge in [-0.2, -0.15) is 0 Å². The zero-order chi connectivity index (χ0) is 13.1. The van der Waals surface area contributed by atoms with E-state index >= 15 is 0 Å². The van der Waals surface area contributed by atoms with Crippen LogP contribution >= 0.6 is 11.6 Å². The van der Waals surface area contributed by atoms with E-state index < -0.39 is 0 Å². The molecule has 0 fully saturated rings. The first kappa shape index (κ1) is 12.8. The predicted octanol–water partition coefficient (Wildman–Crippen LogP) is 3.21. The Morgan fingerprint density at radius 3 is 2.83 bits per heavy atom. The van der Waals surface area contributed by atoms with Crippen molar-refractivity contribution in [2.24, 2.45) is 0 Å². The molecule has 1 heterocycles. The summed E-state index contributed by atoms with van der Waals surface area (Å²) >= 11 is 6.00. The molecule has 2 rings (SSSR count). The van der Waals surface area contributed by atoms with Crippen molar-refractivity contribution in [2.75, 3.05) is 11.9 Å². The number of rotatable bonds is 3. The maximum Gasteiger partial charge on any atom is 0.150 e. The molecule has 2 aromatic rings. The van der Waals surface area contributed by atoms with Crippen LogP contribution in [0.5, 0.6) is 0 Å². The SMILES string of the molecule is Cc1ccc(CN(C)c2ncncc2Cl)cc1F. The van der Waals surface area contributed by atoms with E-state index in [-0.39, 0.29) is 5.82 Å². The van der Waals surface area contributed by atoms with Crippen molar-refractivity contribution >= 4 is 17.4 Å². The van der Waals surface area contributed by atoms with E-state index in [2.05, 4.69) is 9.97 Å². The van der Waals surface area contributed by atoms with Crippen molar-refractivity contribution in [1.29, 1.82) is 0 Å². The molecule has 0 N–H and O–H groups in total. The molecule has 0 aliphatic heterocycles. The molecular weight excluding hydrogens is 253 g/mol. The minimum absolute atomic E-state index is 0.199. The smallest absolute Gasteiger partial charge is 0.150 e. The Morgan fingerprint density at radius 1 is 1.39 bits per heavy atom. The van der Waals surface area contributed by atoms with Crippen molar-refractivity contribution in [3.8, 4) is 0 Å². The Hall–Kier alpha value is -1.68. The highest BCUT2D eigenvalue weighted by Gasteiger charge is 2.09. The van der Waals surface area contributed by atoms with Crippen LogP contribution in [0.2, 0.25) is 5.02 Å². The Kier molecular flexibility index (Phi) is 3.77. The monoisotopic (exact) mass is 265 g/mol. The summed E-state index contributed by atoms with van der Waals surface area (Å²) in [6.45, 7) is 2.28. The molecule has 0 saturated carbocycles. The second-order valence-corrected chi connectivity index (χ2v) is 4.54. The Morgan fingerprint density at radius 2 is 2.17 bits per heavy atom. The van der Waals surface area contributed by atoms with Gasteiger partial charge in [-0.05, 0) is 24.1 Å². The number of anilines is 1. The summed E-state index contributed by atoms with van der Waals surface area (Å²) in [4.78, 5) is 9.79. The van der Waals surface area contributed by atoms with Gasteiger partial charge in [-0.3, -0.25) is 0 Å². The van der Waals surface area contributed by atoms with Crippen LogP contribution in [0.4, 0.5) is 10.2 Å². The number of aryl methyl sites for hydroxylation is 1. The molecule has 1 aromatic carbocycles. The van der Waals surface area contributed by atoms with Gasteiger partial charge < -0.3 is 4.90 Å². The predicted molar refractivity (Wildman–Crippen MR) is 70.3 cm³/mol. The first-order valence-electron chi connectivity index (χ1n) is 5.49. The van der Waals surface area contributed by atoms with E-state index in [0.717, 1.165) is 5.56 Å². The number of hydrogen-bond donors (Lipinski definition) is 0. The van der Waals surface area contributed by atoms with E-state index in [9.17, 15) is 4.39 Å². The van der Waals surface area contributed by atoms with Crippen LogP contribution in [0.1, 0.15) is 11.1 Å². The van der Waals surface area contributed by atoms with Gasteiger partial charge in [0.05, 0.1) is 6.20 Å². The maximum absolute atomic E-state index is 13.4. The number of halogens is 2. The fourth-order valence-corrected chi connectivity index (χ4v) is 1.92. The highest BCUT2D eigenvalue weighted by molar-refractivity contribution is 6.32. The molecule has 0 saturated heterocycles. The summed E-state index contributed by atoms with van der Waals surface area (Å²) in [7, 11) is 1.85. The molecule has 0 amide bonds. The molecule has 18 heavy (non-hydrogen) atoms. The second kappa shape index (κ2) is 5.31. The average molecular weight is 266 g/mol. The van der Waals surface area contributed by atoms with Gasteiger partial charge in [0, 0.05) is 13.6 Å². The van der Waals surface area contributed by atoms with Crippen LogP contribution in [-0.4, -0.2) is 17.0 Å². The van der Waals surface area contributed by atoms with Gasteiger partial charge in [0.15, 0.2) is 5.82 Å². The molecule has 0 aliphatic rings. The topological polar surface area (TPSA) is 29.0 Å². The fraction of sp³-hybridized carbons (Fsp3) is 0.231. The second-order valence-electron chi connectivity index (χ2n) is 4.13. The summed E-state index contributed by atoms with van der Waals surface area (Å²) in [6.07, 6.45) is 2.98. The van der Waals surface area contributed by atoms with E-state index in [4.69, 9.17) is 11.6 Å². The van der Waals surface area contributed by atoms with Crippen molar-refractivity contribution in [1.82, 2.24) is 9.97 Å². The number of nitrogens with zero attached hydrogens (tertiary/aromatic N) is 3. The standard InChI is InChI=1S/C13H13ClFN3/c1-9-3-4-10(5-12(9)15)7-18(2)13-11(14)6-16-8-17-13/h3-6,8H,7H2,1-2H3. The highest BCUT2D eigenvalue weighted by atomic mass is 35.5. The van der Waals surface area contributed by atoms with Crippen LogP contribution < -0.4 is 4.90 Å². The van der Waals surface area contributed by atoms with Gasteiger partial charge in [-0.25, -0.2) is 14.4 Å². The van der Waals surface area contributed by atoms with Crippen molar-refractivity contribution in [2.45, 2.75) is 13.5 Å². The Balaban J connectivity index is 2.19. The van der Waals surface area contributed by atoms with Crippen LogP contribution in [-0.2, 0) is 6.54 Å². The summed E-state index contributed by atoms with van der Waals surface area (Å²) in [5.41, 5.74) is 1.51. The zero-order valence-corrected chi connectivity index (χ0v) is 10.9. The molecule has 0 unspecified atom stereocenters. The first-order valence-corrected chi connectivity index (χ1v) is 5.87. The number of aromatic nitrogens is 2.